The molecule has 1 aliphatic rings. The molecule has 1 fully saturated rings. The second-order valence-electron chi connectivity index (χ2n) is 4.65. The first-order valence-corrected chi connectivity index (χ1v) is 6.39. The molecule has 94 valence electrons. The fraction of sp³-hybridized carbons (Fsp3) is 0.571. The van der Waals surface area contributed by atoms with E-state index in [0.717, 1.165) is 24.5 Å². The Labute approximate surface area is 103 Å². The Morgan fingerprint density at radius 3 is 2.82 bits per heavy atom. The van der Waals surface area contributed by atoms with E-state index in [9.17, 15) is 5.11 Å². The van der Waals surface area contributed by atoms with E-state index in [2.05, 4.69) is 4.90 Å². The predicted octanol–water partition coefficient (Wildman–Crippen LogP) is 2.21. The Morgan fingerprint density at radius 1 is 1.35 bits per heavy atom. The maximum absolute atomic E-state index is 9.48. The van der Waals surface area contributed by atoms with Crippen molar-refractivity contribution in [3.8, 4) is 5.75 Å². The van der Waals surface area contributed by atoms with Crippen molar-refractivity contribution < 1.29 is 9.84 Å². The minimum absolute atomic E-state index is 0.433. The largest absolute Gasteiger partial charge is 0.492 e. The second kappa shape index (κ2) is 6.03. The summed E-state index contributed by atoms with van der Waals surface area (Å²) in [4.78, 5) is 2.43. The Kier molecular flexibility index (Phi) is 4.40. The quantitative estimate of drug-likeness (QED) is 0.849. The Bertz CT molecular complexity index is 346. The molecule has 2 rings (SSSR count). The van der Waals surface area contributed by atoms with Crippen molar-refractivity contribution in [1.29, 1.82) is 0 Å². The number of aliphatic hydroxyl groups is 1. The van der Waals surface area contributed by atoms with Crippen LogP contribution in [-0.2, 0) is 0 Å². The van der Waals surface area contributed by atoms with Crippen LogP contribution in [-0.4, -0.2) is 36.2 Å². The summed E-state index contributed by atoms with van der Waals surface area (Å²) in [6.07, 6.45) is 2.20. The van der Waals surface area contributed by atoms with Crippen LogP contribution in [0, 0.1) is 0 Å². The lowest BCUT2D eigenvalue weighted by molar-refractivity contribution is 0.198. The number of hydrogen-bond acceptors (Lipinski definition) is 3. The summed E-state index contributed by atoms with van der Waals surface area (Å²) in [5.74, 6) is 0.850. The van der Waals surface area contributed by atoms with E-state index in [-0.39, 0.29) is 0 Å². The van der Waals surface area contributed by atoms with Crippen LogP contribution in [0.4, 0.5) is 0 Å². The first-order chi connectivity index (χ1) is 8.25. The zero-order valence-electron chi connectivity index (χ0n) is 10.4. The molecule has 1 aromatic rings. The SMILES string of the molecule is CC(O)c1cccc(OCCN2CCCC2)c1. The van der Waals surface area contributed by atoms with Crippen molar-refractivity contribution >= 4 is 0 Å². The van der Waals surface area contributed by atoms with Crippen molar-refractivity contribution in [1.82, 2.24) is 4.90 Å². The maximum Gasteiger partial charge on any atom is 0.119 e. The van der Waals surface area contributed by atoms with Gasteiger partial charge in [-0.05, 0) is 50.6 Å². The second-order valence-corrected chi connectivity index (χ2v) is 4.65. The fourth-order valence-corrected chi connectivity index (χ4v) is 2.16. The molecule has 0 aliphatic carbocycles. The average molecular weight is 235 g/mol. The molecule has 0 spiro atoms. The lowest BCUT2D eigenvalue weighted by atomic mass is 10.1. The molecule has 1 aliphatic heterocycles. The van der Waals surface area contributed by atoms with Gasteiger partial charge in [-0.3, -0.25) is 4.90 Å². The van der Waals surface area contributed by atoms with Crippen molar-refractivity contribution in [2.45, 2.75) is 25.9 Å². The highest BCUT2D eigenvalue weighted by molar-refractivity contribution is 5.29. The Balaban J connectivity index is 1.79. The first-order valence-electron chi connectivity index (χ1n) is 6.39. The number of aliphatic hydroxyl groups excluding tert-OH is 1. The van der Waals surface area contributed by atoms with E-state index in [1.165, 1.54) is 25.9 Å². The van der Waals surface area contributed by atoms with Gasteiger partial charge in [0.1, 0.15) is 12.4 Å². The number of ether oxygens (including phenoxy) is 1. The van der Waals surface area contributed by atoms with E-state index in [4.69, 9.17) is 4.74 Å². The number of benzene rings is 1. The summed E-state index contributed by atoms with van der Waals surface area (Å²) in [5.41, 5.74) is 0.906. The molecule has 3 nitrogen and oxygen atoms in total. The van der Waals surface area contributed by atoms with Crippen molar-refractivity contribution in [2.24, 2.45) is 0 Å². The average Bonchev–Trinajstić information content (AvgIpc) is 2.82. The van der Waals surface area contributed by atoms with Crippen molar-refractivity contribution in [3.63, 3.8) is 0 Å². The zero-order valence-corrected chi connectivity index (χ0v) is 10.4. The molecule has 0 aromatic heterocycles. The number of nitrogens with zero attached hydrogens (tertiary/aromatic N) is 1. The molecule has 1 heterocycles. The minimum atomic E-state index is -0.433. The van der Waals surface area contributed by atoms with Gasteiger partial charge in [0, 0.05) is 6.54 Å². The normalized spacial score (nSPS) is 18.2. The van der Waals surface area contributed by atoms with Crippen LogP contribution in [0.5, 0.6) is 5.75 Å². The molecule has 1 N–H and O–H groups in total. The molecular formula is C14H21NO2. The van der Waals surface area contributed by atoms with Gasteiger partial charge in [0.2, 0.25) is 0 Å². The first kappa shape index (κ1) is 12.4. The van der Waals surface area contributed by atoms with Crippen molar-refractivity contribution in [3.05, 3.63) is 29.8 Å². The molecule has 3 heteroatoms. The van der Waals surface area contributed by atoms with Gasteiger partial charge in [0.15, 0.2) is 0 Å². The molecule has 1 saturated heterocycles. The third-order valence-electron chi connectivity index (χ3n) is 3.22. The Hall–Kier alpha value is -1.06. The van der Waals surface area contributed by atoms with Crippen LogP contribution in [0.3, 0.4) is 0 Å². The zero-order chi connectivity index (χ0) is 12.1. The molecule has 0 radical (unpaired) electrons. The number of hydrogen-bond donors (Lipinski definition) is 1. The number of rotatable bonds is 5. The molecule has 17 heavy (non-hydrogen) atoms. The molecule has 1 unspecified atom stereocenters. The highest BCUT2D eigenvalue weighted by Gasteiger charge is 2.10. The summed E-state index contributed by atoms with van der Waals surface area (Å²) in [5, 5.41) is 9.48. The van der Waals surface area contributed by atoms with E-state index in [1.54, 1.807) is 6.92 Å². The van der Waals surface area contributed by atoms with Gasteiger partial charge in [-0.15, -0.1) is 0 Å². The summed E-state index contributed by atoms with van der Waals surface area (Å²) in [7, 11) is 0. The van der Waals surface area contributed by atoms with Crippen LogP contribution in [0.25, 0.3) is 0 Å². The molecule has 1 atom stereocenters. The highest BCUT2D eigenvalue weighted by Crippen LogP contribution is 2.18. The maximum atomic E-state index is 9.48. The van der Waals surface area contributed by atoms with Crippen LogP contribution >= 0.6 is 0 Å². The minimum Gasteiger partial charge on any atom is -0.492 e. The van der Waals surface area contributed by atoms with Crippen LogP contribution < -0.4 is 4.74 Å². The van der Waals surface area contributed by atoms with Crippen LogP contribution in [0.2, 0.25) is 0 Å². The van der Waals surface area contributed by atoms with Gasteiger partial charge in [-0.2, -0.15) is 0 Å². The molecular weight excluding hydrogens is 214 g/mol. The van der Waals surface area contributed by atoms with E-state index in [0.29, 0.717) is 0 Å². The number of likely N-dealkylation sites (tertiary alicyclic amines) is 1. The van der Waals surface area contributed by atoms with E-state index < -0.39 is 6.10 Å². The third-order valence-corrected chi connectivity index (χ3v) is 3.22. The van der Waals surface area contributed by atoms with Gasteiger partial charge >= 0.3 is 0 Å². The third kappa shape index (κ3) is 3.72. The predicted molar refractivity (Wildman–Crippen MR) is 68.2 cm³/mol. The van der Waals surface area contributed by atoms with Gasteiger partial charge in [-0.25, -0.2) is 0 Å². The summed E-state index contributed by atoms with van der Waals surface area (Å²) < 4.78 is 5.71. The molecule has 0 bridgehead atoms. The van der Waals surface area contributed by atoms with Gasteiger partial charge in [-0.1, -0.05) is 12.1 Å². The topological polar surface area (TPSA) is 32.7 Å². The molecule has 1 aromatic carbocycles. The van der Waals surface area contributed by atoms with E-state index >= 15 is 0 Å². The lowest BCUT2D eigenvalue weighted by Gasteiger charge is -2.15. The molecule has 0 saturated carbocycles. The van der Waals surface area contributed by atoms with E-state index in [1.807, 2.05) is 24.3 Å². The van der Waals surface area contributed by atoms with Gasteiger partial charge in [0.05, 0.1) is 6.10 Å². The monoisotopic (exact) mass is 235 g/mol. The summed E-state index contributed by atoms with van der Waals surface area (Å²) in [6, 6.07) is 7.69. The summed E-state index contributed by atoms with van der Waals surface area (Å²) in [6.45, 7) is 5.90. The highest BCUT2D eigenvalue weighted by atomic mass is 16.5. The lowest BCUT2D eigenvalue weighted by Crippen LogP contribution is -2.25. The summed E-state index contributed by atoms with van der Waals surface area (Å²) >= 11 is 0. The van der Waals surface area contributed by atoms with Crippen molar-refractivity contribution in [2.75, 3.05) is 26.2 Å². The Morgan fingerprint density at radius 2 is 2.12 bits per heavy atom. The smallest absolute Gasteiger partial charge is 0.119 e. The van der Waals surface area contributed by atoms with Crippen LogP contribution in [0.15, 0.2) is 24.3 Å². The molecule has 0 amide bonds. The van der Waals surface area contributed by atoms with Gasteiger partial charge < -0.3 is 9.84 Å². The fourth-order valence-electron chi connectivity index (χ4n) is 2.16. The van der Waals surface area contributed by atoms with Gasteiger partial charge in [0.25, 0.3) is 0 Å². The van der Waals surface area contributed by atoms with Crippen LogP contribution in [0.1, 0.15) is 31.4 Å². The standard InChI is InChI=1S/C14H21NO2/c1-12(16)13-5-4-6-14(11-13)17-10-9-15-7-2-3-8-15/h4-6,11-12,16H,2-3,7-10H2,1H3.